The maximum atomic E-state index is 4.17. The third-order valence-electron chi connectivity index (χ3n) is 14.3. The molecule has 4 atom stereocenters. The quantitative estimate of drug-likeness (QED) is 0.135. The topological polar surface area (TPSA) is 0 Å². The fourth-order valence-corrected chi connectivity index (χ4v) is 12.9. The molecule has 0 amide bonds. The molecule has 59 heavy (non-hydrogen) atoms. The Morgan fingerprint density at radius 2 is 1.34 bits per heavy atom. The van der Waals surface area contributed by atoms with Gasteiger partial charge in [0, 0.05) is 31.2 Å². The zero-order chi connectivity index (χ0) is 39.9. The molecule has 1 heterocycles. The number of rotatable bonds is 8. The minimum atomic E-state index is -0.412. The molecule has 0 N–H and O–H groups in total. The first-order valence-corrected chi connectivity index (χ1v) is 22.2. The lowest BCUT2D eigenvalue weighted by molar-refractivity contribution is 0.383. The molecule has 0 spiro atoms. The predicted molar refractivity (Wildman–Crippen MR) is 253 cm³/mol. The monoisotopic (exact) mass is 776 g/mol. The maximum Gasteiger partial charge on any atom is 0.0585 e. The number of fused-ring (bicyclic) bond motifs is 9. The lowest BCUT2D eigenvalue weighted by atomic mass is 9.54. The molecule has 0 nitrogen and oxygen atoms in total. The highest BCUT2D eigenvalue weighted by Gasteiger charge is 2.59. The van der Waals surface area contributed by atoms with Crippen molar-refractivity contribution in [2.75, 3.05) is 0 Å². The van der Waals surface area contributed by atoms with Gasteiger partial charge in [-0.3, -0.25) is 0 Å². The second-order valence-electron chi connectivity index (χ2n) is 17.2. The summed E-state index contributed by atoms with van der Waals surface area (Å²) in [6, 6.07) is 59.9. The zero-order valence-electron chi connectivity index (χ0n) is 34.1. The van der Waals surface area contributed by atoms with Crippen LogP contribution in [0.2, 0.25) is 0 Å². The van der Waals surface area contributed by atoms with E-state index in [4.69, 9.17) is 0 Å². The lowest BCUT2D eigenvalue weighted by Gasteiger charge is -2.47. The number of hydrogen-bond donors (Lipinski definition) is 0. The van der Waals surface area contributed by atoms with Gasteiger partial charge in [0.25, 0.3) is 0 Å². The van der Waals surface area contributed by atoms with Gasteiger partial charge in [-0.1, -0.05) is 196 Å². The summed E-state index contributed by atoms with van der Waals surface area (Å²) in [5, 5.41) is 2.69. The third-order valence-corrected chi connectivity index (χ3v) is 15.5. The van der Waals surface area contributed by atoms with E-state index < -0.39 is 5.41 Å². The SMILES string of the molecule is C=CCC(CC)C1=CC2(C)C(=CC1C)c1ccccc1C2(c1ccccc1)c1ccc(-c2cccc3c2Cc2cccc(-c4cccc5c4sc4ccccc45)c2-3)cc1. The Morgan fingerprint density at radius 3 is 2.17 bits per heavy atom. The van der Waals surface area contributed by atoms with Gasteiger partial charge in [-0.2, -0.15) is 0 Å². The molecule has 0 radical (unpaired) electrons. The van der Waals surface area contributed by atoms with Crippen molar-refractivity contribution in [1.29, 1.82) is 0 Å². The molecule has 11 rings (SSSR count). The van der Waals surface area contributed by atoms with E-state index in [-0.39, 0.29) is 5.41 Å². The molecular weight excluding hydrogens is 729 g/mol. The molecule has 3 aliphatic rings. The minimum absolute atomic E-state index is 0.292. The van der Waals surface area contributed by atoms with Gasteiger partial charge in [-0.05, 0) is 104 Å². The fourth-order valence-electron chi connectivity index (χ4n) is 11.7. The van der Waals surface area contributed by atoms with E-state index in [9.17, 15) is 0 Å². The van der Waals surface area contributed by atoms with Crippen molar-refractivity contribution in [1.82, 2.24) is 0 Å². The van der Waals surface area contributed by atoms with E-state index in [1.807, 2.05) is 11.3 Å². The van der Waals surface area contributed by atoms with Crippen molar-refractivity contribution < 1.29 is 0 Å². The van der Waals surface area contributed by atoms with Crippen molar-refractivity contribution in [2.45, 2.75) is 45.4 Å². The molecule has 0 saturated carbocycles. The summed E-state index contributed by atoms with van der Waals surface area (Å²) < 4.78 is 2.72. The molecule has 0 fully saturated rings. The molecule has 286 valence electrons. The van der Waals surface area contributed by atoms with E-state index >= 15 is 0 Å². The maximum absolute atomic E-state index is 4.17. The van der Waals surface area contributed by atoms with Gasteiger partial charge in [0.1, 0.15) is 0 Å². The van der Waals surface area contributed by atoms with Gasteiger partial charge in [-0.15, -0.1) is 17.9 Å². The summed E-state index contributed by atoms with van der Waals surface area (Å²) in [6.45, 7) is 11.4. The van der Waals surface area contributed by atoms with Crippen LogP contribution < -0.4 is 0 Å². The van der Waals surface area contributed by atoms with Gasteiger partial charge in [0.2, 0.25) is 0 Å². The van der Waals surface area contributed by atoms with E-state index in [1.54, 1.807) is 5.57 Å². The normalized spacial score (nSPS) is 20.7. The van der Waals surface area contributed by atoms with Crippen molar-refractivity contribution in [2.24, 2.45) is 17.3 Å². The fraction of sp³-hybridized carbons (Fsp3) is 0.172. The van der Waals surface area contributed by atoms with E-state index in [2.05, 4.69) is 203 Å². The first-order valence-electron chi connectivity index (χ1n) is 21.4. The molecule has 0 aliphatic heterocycles. The first-order chi connectivity index (χ1) is 29.0. The van der Waals surface area contributed by atoms with Crippen molar-refractivity contribution in [3.8, 4) is 33.4 Å². The van der Waals surface area contributed by atoms with Gasteiger partial charge >= 0.3 is 0 Å². The Labute approximate surface area is 352 Å². The average Bonchev–Trinajstić information content (AvgIpc) is 3.93. The van der Waals surface area contributed by atoms with Gasteiger partial charge < -0.3 is 0 Å². The predicted octanol–water partition coefficient (Wildman–Crippen LogP) is 15.9. The number of thiophene rings is 1. The standard InChI is InChI=1S/C58H48S/c1-5-17-38(6-2)51-36-57(4)53(34-37(51)3)49-22-10-12-28-52(49)58(57,41-19-8-7-9-20-41)42-32-30-39(31-33-42)43-23-15-25-46-50(43)35-40-18-14-24-45(55(40)46)48-27-16-26-47-44-21-11-13-29-54(44)59-56(47)48/h5,7-16,18-34,36-38H,1,6,17,35H2,2-4H3. The van der Waals surface area contributed by atoms with Crippen molar-refractivity contribution >= 4 is 37.1 Å². The number of benzene rings is 7. The second-order valence-corrected chi connectivity index (χ2v) is 18.3. The number of allylic oxidation sites excluding steroid dienone is 5. The van der Waals surface area contributed by atoms with Gasteiger partial charge in [0.15, 0.2) is 0 Å². The van der Waals surface area contributed by atoms with Gasteiger partial charge in [-0.25, -0.2) is 0 Å². The van der Waals surface area contributed by atoms with Crippen LogP contribution in [0.1, 0.15) is 67.0 Å². The molecule has 1 aromatic heterocycles. The van der Waals surface area contributed by atoms with E-state index in [0.29, 0.717) is 11.8 Å². The van der Waals surface area contributed by atoms with Crippen molar-refractivity contribution in [3.63, 3.8) is 0 Å². The molecule has 0 bridgehead atoms. The van der Waals surface area contributed by atoms with Crippen LogP contribution >= 0.6 is 11.3 Å². The number of hydrogen-bond acceptors (Lipinski definition) is 1. The Bertz CT molecular complexity index is 3030. The highest BCUT2D eigenvalue weighted by Crippen LogP contribution is 2.67. The van der Waals surface area contributed by atoms with Crippen LogP contribution in [0, 0.1) is 17.3 Å². The van der Waals surface area contributed by atoms with E-state index in [0.717, 1.165) is 19.3 Å². The highest BCUT2D eigenvalue weighted by atomic mass is 32.1. The van der Waals surface area contributed by atoms with E-state index in [1.165, 1.54) is 92.5 Å². The van der Waals surface area contributed by atoms with Crippen LogP contribution in [0.4, 0.5) is 0 Å². The Balaban J connectivity index is 1.06. The summed E-state index contributed by atoms with van der Waals surface area (Å²) in [6.07, 6.45) is 10.4. The second kappa shape index (κ2) is 13.8. The largest absolute Gasteiger partial charge is 0.135 e. The molecule has 0 saturated heterocycles. The first kappa shape index (κ1) is 36.1. The Hall–Kier alpha value is -6.02. The smallest absolute Gasteiger partial charge is 0.0585 e. The summed E-state index contributed by atoms with van der Waals surface area (Å²) in [4.78, 5) is 0. The minimum Gasteiger partial charge on any atom is -0.135 e. The molecule has 7 aromatic carbocycles. The molecule has 1 heteroatoms. The summed E-state index contributed by atoms with van der Waals surface area (Å²) in [5.41, 5.74) is 18.6. The van der Waals surface area contributed by atoms with Gasteiger partial charge in [0.05, 0.1) is 5.41 Å². The summed E-state index contributed by atoms with van der Waals surface area (Å²) in [5.74, 6) is 0.840. The highest BCUT2D eigenvalue weighted by molar-refractivity contribution is 7.26. The lowest BCUT2D eigenvalue weighted by Crippen LogP contribution is -2.43. The zero-order valence-corrected chi connectivity index (χ0v) is 35.0. The average molecular weight is 777 g/mol. The van der Waals surface area contributed by atoms with Crippen LogP contribution in [0.5, 0.6) is 0 Å². The van der Waals surface area contributed by atoms with Crippen LogP contribution in [-0.4, -0.2) is 0 Å². The van der Waals surface area contributed by atoms with Crippen molar-refractivity contribution in [3.05, 3.63) is 221 Å². The van der Waals surface area contributed by atoms with Crippen LogP contribution in [0.25, 0.3) is 59.1 Å². The third kappa shape index (κ3) is 5.14. The Kier molecular flexibility index (Phi) is 8.43. The molecule has 8 aromatic rings. The summed E-state index contributed by atoms with van der Waals surface area (Å²) >= 11 is 1.92. The van der Waals surface area contributed by atoms with Crippen LogP contribution in [0.15, 0.2) is 188 Å². The molecule has 4 unspecified atom stereocenters. The van der Waals surface area contributed by atoms with Crippen LogP contribution in [0.3, 0.4) is 0 Å². The Morgan fingerprint density at radius 1 is 0.678 bits per heavy atom. The molecular formula is C58H48S. The summed E-state index contributed by atoms with van der Waals surface area (Å²) in [7, 11) is 0. The van der Waals surface area contributed by atoms with Crippen LogP contribution in [-0.2, 0) is 11.8 Å². The molecule has 3 aliphatic carbocycles.